The summed E-state index contributed by atoms with van der Waals surface area (Å²) >= 11 is 3.75. The predicted octanol–water partition coefficient (Wildman–Crippen LogP) is 3.70. The van der Waals surface area contributed by atoms with Crippen LogP contribution in [0.25, 0.3) is 0 Å². The van der Waals surface area contributed by atoms with Crippen LogP contribution in [-0.4, -0.2) is 20.1 Å². The molecule has 1 heterocycles. The Bertz CT molecular complexity index is 699. The number of fused-ring (bicyclic) bond motifs is 1. The molecule has 1 unspecified atom stereocenters. The minimum atomic E-state index is 0.0416. The summed E-state index contributed by atoms with van der Waals surface area (Å²) in [6, 6.07) is 14.1. The average molecular weight is 346 g/mol. The van der Waals surface area contributed by atoms with Gasteiger partial charge in [0.2, 0.25) is 5.91 Å². The molecule has 0 saturated carbocycles. The fourth-order valence-corrected chi connectivity index (χ4v) is 3.37. The highest BCUT2D eigenvalue weighted by Gasteiger charge is 2.25. The van der Waals surface area contributed by atoms with Gasteiger partial charge in [0.1, 0.15) is 5.75 Å². The van der Waals surface area contributed by atoms with Crippen LogP contribution in [-0.2, 0) is 11.2 Å². The Balaban J connectivity index is 1.98. The molecule has 1 atom stereocenters. The smallest absolute Gasteiger partial charge is 0.231 e. The highest BCUT2D eigenvalue weighted by Crippen LogP contribution is 2.39. The third kappa shape index (κ3) is 2.44. The Labute approximate surface area is 132 Å². The molecule has 0 aliphatic carbocycles. The molecule has 2 aromatic rings. The van der Waals surface area contributed by atoms with Crippen molar-refractivity contribution in [3.8, 4) is 5.75 Å². The van der Waals surface area contributed by atoms with Crippen molar-refractivity contribution in [2.75, 3.05) is 19.1 Å². The van der Waals surface area contributed by atoms with E-state index in [0.29, 0.717) is 6.42 Å². The van der Waals surface area contributed by atoms with Crippen molar-refractivity contribution in [1.29, 1.82) is 0 Å². The second-order valence-electron chi connectivity index (χ2n) is 5.12. The zero-order valence-electron chi connectivity index (χ0n) is 12.0. The molecular formula is C17H16BrNO2. The number of nitrogens with zero attached hydrogens (tertiary/aromatic N) is 1. The number of hydrogen-bond acceptors (Lipinski definition) is 2. The second-order valence-corrected chi connectivity index (χ2v) is 6.04. The number of likely N-dealkylation sites (N-methyl/N-ethyl adjacent to an activating group) is 1. The number of benzene rings is 2. The van der Waals surface area contributed by atoms with E-state index in [1.807, 2.05) is 37.4 Å². The van der Waals surface area contributed by atoms with Crippen LogP contribution in [0.15, 0.2) is 42.5 Å². The van der Waals surface area contributed by atoms with E-state index in [1.165, 1.54) is 0 Å². The molecule has 2 aromatic carbocycles. The maximum atomic E-state index is 11.8. The second kappa shape index (κ2) is 5.53. The van der Waals surface area contributed by atoms with Crippen molar-refractivity contribution >= 4 is 27.5 Å². The highest BCUT2D eigenvalue weighted by atomic mass is 79.9. The third-order valence-electron chi connectivity index (χ3n) is 3.89. The van der Waals surface area contributed by atoms with Gasteiger partial charge in [-0.3, -0.25) is 4.79 Å². The van der Waals surface area contributed by atoms with Gasteiger partial charge in [0.05, 0.1) is 18.4 Å². The summed E-state index contributed by atoms with van der Waals surface area (Å²) in [5.74, 6) is 0.999. The molecule has 4 heteroatoms. The van der Waals surface area contributed by atoms with E-state index < -0.39 is 0 Å². The fraction of sp³-hybridized carbons (Fsp3) is 0.235. The van der Waals surface area contributed by atoms with Gasteiger partial charge in [-0.15, -0.1) is 0 Å². The average Bonchev–Trinajstić information content (AvgIpc) is 2.80. The number of anilines is 1. The van der Waals surface area contributed by atoms with Crippen molar-refractivity contribution in [2.24, 2.45) is 0 Å². The number of para-hydroxylation sites is 1. The van der Waals surface area contributed by atoms with Crippen LogP contribution in [0.3, 0.4) is 0 Å². The minimum Gasteiger partial charge on any atom is -0.496 e. The van der Waals surface area contributed by atoms with Crippen LogP contribution >= 0.6 is 15.9 Å². The number of amides is 1. The molecule has 21 heavy (non-hydrogen) atoms. The summed E-state index contributed by atoms with van der Waals surface area (Å²) in [6.45, 7) is 0. The first-order chi connectivity index (χ1) is 10.1. The lowest BCUT2D eigenvalue weighted by Crippen LogP contribution is -2.20. The molecule has 0 fully saturated rings. The van der Waals surface area contributed by atoms with Crippen LogP contribution in [0.5, 0.6) is 5.75 Å². The summed E-state index contributed by atoms with van der Waals surface area (Å²) in [6.07, 6.45) is 0.477. The Hall–Kier alpha value is -1.81. The number of rotatable bonds is 3. The topological polar surface area (TPSA) is 29.5 Å². The zero-order chi connectivity index (χ0) is 15.0. The van der Waals surface area contributed by atoms with Gasteiger partial charge in [0.15, 0.2) is 0 Å². The van der Waals surface area contributed by atoms with Crippen LogP contribution < -0.4 is 9.64 Å². The normalized spacial score (nSPS) is 15.0. The van der Waals surface area contributed by atoms with Gasteiger partial charge in [0, 0.05) is 18.3 Å². The molecule has 0 bridgehead atoms. The number of ether oxygens (including phenoxy) is 1. The molecule has 0 saturated heterocycles. The van der Waals surface area contributed by atoms with Gasteiger partial charge in [-0.05, 0) is 23.3 Å². The molecule has 0 radical (unpaired) electrons. The summed E-state index contributed by atoms with van der Waals surface area (Å²) in [4.78, 5) is 13.5. The molecule has 1 aliphatic heterocycles. The van der Waals surface area contributed by atoms with E-state index in [-0.39, 0.29) is 10.7 Å². The van der Waals surface area contributed by atoms with Crippen LogP contribution in [0.1, 0.15) is 21.5 Å². The predicted molar refractivity (Wildman–Crippen MR) is 87.3 cm³/mol. The van der Waals surface area contributed by atoms with E-state index in [9.17, 15) is 4.79 Å². The maximum absolute atomic E-state index is 11.8. The molecule has 108 valence electrons. The molecule has 0 spiro atoms. The number of hydrogen-bond donors (Lipinski definition) is 0. The number of halogens is 1. The first-order valence-electron chi connectivity index (χ1n) is 6.78. The molecule has 3 nitrogen and oxygen atoms in total. The van der Waals surface area contributed by atoms with Crippen molar-refractivity contribution in [3.63, 3.8) is 0 Å². The lowest BCUT2D eigenvalue weighted by Gasteiger charge is -2.16. The zero-order valence-corrected chi connectivity index (χ0v) is 13.6. The van der Waals surface area contributed by atoms with Gasteiger partial charge in [0.25, 0.3) is 0 Å². The summed E-state index contributed by atoms with van der Waals surface area (Å²) in [5.41, 5.74) is 4.29. The third-order valence-corrected chi connectivity index (χ3v) is 4.91. The molecule has 3 rings (SSSR count). The van der Waals surface area contributed by atoms with Gasteiger partial charge < -0.3 is 9.64 Å². The standard InChI is InChI=1S/C17H16BrNO2/c1-19-14-8-7-11(9-12(14)10-16(19)20)17(18)13-5-3-4-6-15(13)21-2/h3-9,17H,10H2,1-2H3. The fourth-order valence-electron chi connectivity index (χ4n) is 2.70. The monoisotopic (exact) mass is 345 g/mol. The molecule has 1 amide bonds. The van der Waals surface area contributed by atoms with Crippen molar-refractivity contribution in [1.82, 2.24) is 0 Å². The first-order valence-corrected chi connectivity index (χ1v) is 7.69. The molecular weight excluding hydrogens is 330 g/mol. The lowest BCUT2D eigenvalue weighted by molar-refractivity contribution is -0.117. The molecule has 0 N–H and O–H groups in total. The minimum absolute atomic E-state index is 0.0416. The van der Waals surface area contributed by atoms with Gasteiger partial charge in [-0.1, -0.05) is 46.3 Å². The van der Waals surface area contributed by atoms with E-state index in [2.05, 4.69) is 28.1 Å². The molecule has 0 aromatic heterocycles. The number of methoxy groups -OCH3 is 1. The van der Waals surface area contributed by atoms with Crippen molar-refractivity contribution < 1.29 is 9.53 Å². The van der Waals surface area contributed by atoms with Crippen LogP contribution in [0, 0.1) is 0 Å². The van der Waals surface area contributed by atoms with E-state index in [4.69, 9.17) is 4.74 Å². The van der Waals surface area contributed by atoms with Gasteiger partial charge in [-0.2, -0.15) is 0 Å². The van der Waals surface area contributed by atoms with E-state index in [0.717, 1.165) is 28.1 Å². The first kappa shape index (κ1) is 14.1. The van der Waals surface area contributed by atoms with Crippen molar-refractivity contribution in [3.05, 3.63) is 59.2 Å². The van der Waals surface area contributed by atoms with Crippen LogP contribution in [0.4, 0.5) is 5.69 Å². The Morgan fingerprint density at radius 1 is 1.24 bits per heavy atom. The SMILES string of the molecule is COc1ccccc1C(Br)c1ccc2c(c1)CC(=O)N2C. The largest absolute Gasteiger partial charge is 0.496 e. The summed E-state index contributed by atoms with van der Waals surface area (Å²) in [5, 5.41) is 0. The lowest BCUT2D eigenvalue weighted by atomic mass is 10.0. The molecule has 1 aliphatic rings. The summed E-state index contributed by atoms with van der Waals surface area (Å²) < 4.78 is 5.42. The number of carbonyl (C=O) groups is 1. The van der Waals surface area contributed by atoms with Gasteiger partial charge >= 0.3 is 0 Å². The van der Waals surface area contributed by atoms with E-state index in [1.54, 1.807) is 12.0 Å². The number of alkyl halides is 1. The Morgan fingerprint density at radius 3 is 2.76 bits per heavy atom. The summed E-state index contributed by atoms with van der Waals surface area (Å²) in [7, 11) is 3.49. The van der Waals surface area contributed by atoms with Gasteiger partial charge in [-0.25, -0.2) is 0 Å². The highest BCUT2D eigenvalue weighted by molar-refractivity contribution is 9.09. The maximum Gasteiger partial charge on any atom is 0.231 e. The van der Waals surface area contributed by atoms with E-state index >= 15 is 0 Å². The Kier molecular flexibility index (Phi) is 3.72. The Morgan fingerprint density at radius 2 is 2.00 bits per heavy atom. The van der Waals surface area contributed by atoms with Crippen LogP contribution in [0.2, 0.25) is 0 Å². The quantitative estimate of drug-likeness (QED) is 0.794. The number of carbonyl (C=O) groups excluding carboxylic acids is 1. The van der Waals surface area contributed by atoms with Crippen molar-refractivity contribution in [2.45, 2.75) is 11.2 Å².